The van der Waals surface area contributed by atoms with Crippen molar-refractivity contribution in [3.8, 4) is 0 Å². The van der Waals surface area contributed by atoms with Gasteiger partial charge in [0.05, 0.1) is 26.2 Å². The van der Waals surface area contributed by atoms with Crippen molar-refractivity contribution < 1.29 is 56.9 Å². The van der Waals surface area contributed by atoms with Crippen molar-refractivity contribution in [2.75, 3.05) is 39.3 Å². The number of hydrogen-bond donors (Lipinski definition) is 5. The molecule has 0 saturated carbocycles. The molecule has 1 rings (SSSR count). The van der Waals surface area contributed by atoms with Crippen LogP contribution in [0.5, 0.6) is 0 Å². The van der Waals surface area contributed by atoms with Crippen molar-refractivity contribution in [2.24, 2.45) is 5.11 Å². The summed E-state index contributed by atoms with van der Waals surface area (Å²) in [6.45, 7) is -2.25. The Hall–Kier alpha value is -3.31. The summed E-state index contributed by atoms with van der Waals surface area (Å²) >= 11 is 11.3. The van der Waals surface area contributed by atoms with Gasteiger partial charge in [0.1, 0.15) is 5.53 Å². The first-order valence-corrected chi connectivity index (χ1v) is 9.91. The number of rotatable bonds is 12. The summed E-state index contributed by atoms with van der Waals surface area (Å²) in [6.07, 6.45) is 0. The van der Waals surface area contributed by atoms with Crippen molar-refractivity contribution in [3.63, 3.8) is 0 Å². The van der Waals surface area contributed by atoms with Gasteiger partial charge in [0.2, 0.25) is 4.91 Å². The third-order valence-corrected chi connectivity index (χ3v) is 3.62. The first-order valence-electron chi connectivity index (χ1n) is 9.15. The van der Waals surface area contributed by atoms with E-state index in [4.69, 9.17) is 49.2 Å². The number of benzene rings is 1. The number of aliphatic carboxylic acids is 4. The molecule has 0 aromatic heterocycles. The maximum Gasteiger partial charge on any atom is 0.673 e. The second-order valence-electron chi connectivity index (χ2n) is 6.32. The maximum atomic E-state index is 10.6. The van der Waals surface area contributed by atoms with E-state index in [1.165, 1.54) is 0 Å². The van der Waals surface area contributed by atoms with E-state index in [1.54, 1.807) is 18.2 Å². The molecule has 0 amide bonds. The molecular weight excluding hydrogens is 548 g/mol. The zero-order chi connectivity index (χ0) is 28.5. The number of nitrogens with zero attached hydrogens (tertiary/aromatic N) is 4. The Kier molecular flexibility index (Phi) is 17.5. The number of nitrogens with one attached hydrogen (secondary N) is 1. The number of hydrogen-bond acceptors (Lipinski definition) is 8. The predicted octanol–water partition coefficient (Wildman–Crippen LogP) is 2.40. The third kappa shape index (κ3) is 25.3. The van der Waals surface area contributed by atoms with E-state index in [9.17, 15) is 36.4 Å². The van der Waals surface area contributed by atoms with Gasteiger partial charge < -0.3 is 37.7 Å². The molecule has 1 aromatic carbocycles. The molecule has 0 spiro atoms. The van der Waals surface area contributed by atoms with Crippen LogP contribution in [0.2, 0.25) is 10.0 Å². The monoisotopic (exact) mass is 567 g/mol. The van der Waals surface area contributed by atoms with Crippen LogP contribution in [0.15, 0.2) is 23.3 Å². The predicted molar refractivity (Wildman–Crippen MR) is 117 cm³/mol. The molecule has 5 N–H and O–H groups in total. The van der Waals surface area contributed by atoms with Crippen molar-refractivity contribution >= 4 is 60.0 Å². The van der Waals surface area contributed by atoms with Crippen LogP contribution in [-0.2, 0) is 19.2 Å². The summed E-state index contributed by atoms with van der Waals surface area (Å²) in [7, 11) is -6.00. The highest BCUT2D eigenvalue weighted by Gasteiger charge is 2.20. The van der Waals surface area contributed by atoms with Gasteiger partial charge in [-0.15, -0.1) is 0 Å². The zero-order valence-electron chi connectivity index (χ0n) is 18.0. The van der Waals surface area contributed by atoms with Crippen LogP contribution in [0.3, 0.4) is 0 Å². The van der Waals surface area contributed by atoms with E-state index in [0.29, 0.717) is 15.7 Å². The van der Waals surface area contributed by atoms with Gasteiger partial charge in [0.15, 0.2) is 10.8 Å². The fraction of sp³-hybridized carbons (Fsp3) is 0.375. The van der Waals surface area contributed by atoms with E-state index >= 15 is 0 Å². The Morgan fingerprint density at radius 2 is 1.06 bits per heavy atom. The molecule has 1 aromatic rings. The minimum atomic E-state index is -6.00. The Morgan fingerprint density at radius 1 is 0.778 bits per heavy atom. The molecule has 36 heavy (non-hydrogen) atoms. The molecule has 0 aliphatic rings. The molecule has 0 aliphatic carbocycles. The van der Waals surface area contributed by atoms with Crippen molar-refractivity contribution in [3.05, 3.63) is 28.2 Å². The topological polar surface area (TPSA) is 206 Å². The van der Waals surface area contributed by atoms with Crippen LogP contribution in [0.4, 0.5) is 23.0 Å². The maximum absolute atomic E-state index is 10.6. The Labute approximate surface area is 210 Å². The van der Waals surface area contributed by atoms with Gasteiger partial charge in [0.25, 0.3) is 0 Å². The van der Waals surface area contributed by atoms with Gasteiger partial charge in [-0.05, 0) is 18.2 Å². The van der Waals surface area contributed by atoms with Gasteiger partial charge in [-0.3, -0.25) is 29.0 Å². The first kappa shape index (κ1) is 34.9. The van der Waals surface area contributed by atoms with Crippen LogP contribution in [0, 0.1) is 5.53 Å². The van der Waals surface area contributed by atoms with Gasteiger partial charge in [-0.1, -0.05) is 23.2 Å². The summed E-state index contributed by atoms with van der Waals surface area (Å²) < 4.78 is 39.0. The molecule has 202 valence electrons. The van der Waals surface area contributed by atoms with E-state index in [2.05, 4.69) is 10.0 Å². The average molecular weight is 568 g/mol. The summed E-state index contributed by atoms with van der Waals surface area (Å²) in [5, 5.41) is 38.9. The molecular formula is C16H20BCl2F4N5O8. The van der Waals surface area contributed by atoms with Gasteiger partial charge in [-0.2, -0.15) is 0 Å². The highest BCUT2D eigenvalue weighted by atomic mass is 35.5. The van der Waals surface area contributed by atoms with E-state index < -0.39 is 57.3 Å². The quantitative estimate of drug-likeness (QED) is 0.108. The number of carbonyl (C=O) groups is 4. The largest absolute Gasteiger partial charge is 0.673 e. The molecule has 20 heteroatoms. The SMILES string of the molecule is F[B-](F)(F)F.N=[N+]=Nc1cc(Cl)cc(Cl)c1.O=C(O)CN(CCN(CC(=O)O)CC(=O)O)CC(=O)O. The molecule has 0 unspecified atom stereocenters. The molecule has 0 atom stereocenters. The molecule has 0 fully saturated rings. The first-order chi connectivity index (χ1) is 16.4. The second-order valence-corrected chi connectivity index (χ2v) is 7.19. The van der Waals surface area contributed by atoms with Crippen LogP contribution in [0.25, 0.3) is 0 Å². The zero-order valence-corrected chi connectivity index (χ0v) is 19.5. The molecule has 13 nitrogen and oxygen atoms in total. The fourth-order valence-corrected chi connectivity index (χ4v) is 2.65. The summed E-state index contributed by atoms with van der Waals surface area (Å²) in [5.41, 5.74) is 6.94. The lowest BCUT2D eigenvalue weighted by molar-refractivity contribution is -0.145. The number of carboxylic acids is 4. The normalized spacial score (nSPS) is 10.3. The minimum absolute atomic E-state index is 0.0703. The van der Waals surface area contributed by atoms with Gasteiger partial charge >= 0.3 is 31.1 Å². The van der Waals surface area contributed by atoms with Crippen LogP contribution < -0.4 is 4.91 Å². The van der Waals surface area contributed by atoms with Crippen LogP contribution in [0.1, 0.15) is 0 Å². The second kappa shape index (κ2) is 18.0. The van der Waals surface area contributed by atoms with Crippen LogP contribution >= 0.6 is 23.2 Å². The minimum Gasteiger partial charge on any atom is -0.480 e. The van der Waals surface area contributed by atoms with E-state index in [0.717, 1.165) is 9.80 Å². The molecule has 0 radical (unpaired) electrons. The van der Waals surface area contributed by atoms with E-state index in [-0.39, 0.29) is 13.1 Å². The van der Waals surface area contributed by atoms with Gasteiger partial charge in [0, 0.05) is 23.1 Å². The lowest BCUT2D eigenvalue weighted by Crippen LogP contribution is -2.43. The molecule has 0 bridgehead atoms. The lowest BCUT2D eigenvalue weighted by Gasteiger charge is -2.23. The smallest absolute Gasteiger partial charge is 0.480 e. The number of halogens is 6. The van der Waals surface area contributed by atoms with Crippen molar-refractivity contribution in [1.29, 1.82) is 5.53 Å². The Morgan fingerprint density at radius 3 is 1.28 bits per heavy atom. The molecule has 0 aliphatic heterocycles. The van der Waals surface area contributed by atoms with Gasteiger partial charge in [-0.25, -0.2) is 0 Å². The van der Waals surface area contributed by atoms with Crippen molar-refractivity contribution in [2.45, 2.75) is 0 Å². The highest BCUT2D eigenvalue weighted by molar-refractivity contribution is 6.50. The fourth-order valence-electron chi connectivity index (χ4n) is 2.13. The molecule has 0 saturated heterocycles. The highest BCUT2D eigenvalue weighted by Crippen LogP contribution is 2.23. The van der Waals surface area contributed by atoms with E-state index in [1.807, 2.05) is 0 Å². The molecule has 0 heterocycles. The Bertz CT molecular complexity index is 859. The summed E-state index contributed by atoms with van der Waals surface area (Å²) in [4.78, 5) is 47.2. The summed E-state index contributed by atoms with van der Waals surface area (Å²) in [5.74, 6) is -4.91. The number of carboxylic acid groups (broad SMARTS) is 4. The third-order valence-electron chi connectivity index (χ3n) is 3.18. The average Bonchev–Trinajstić information content (AvgIpc) is 2.62. The van der Waals surface area contributed by atoms with Crippen LogP contribution in [-0.4, -0.2) is 101 Å². The lowest BCUT2D eigenvalue weighted by atomic mass is 10.3. The standard InChI is InChI=1S/C10H16N2O8.C6H4Cl2N3.BF4/c13-7(14)3-11(4-8(15)16)1-2-12(5-9(17)18)6-10(19)20;7-4-1-5(8)3-6(2-4)10-11-9;2-1(3,4)5/h1-6H2,(H,13,14)(H,15,16)(H,17,18)(H,19,20);1-3,9H;/q;+1;-1. The summed E-state index contributed by atoms with van der Waals surface area (Å²) in [6, 6.07) is 4.74. The Balaban J connectivity index is 0. The van der Waals surface area contributed by atoms with Crippen molar-refractivity contribution in [1.82, 2.24) is 14.7 Å².